The van der Waals surface area contributed by atoms with Crippen molar-refractivity contribution in [3.05, 3.63) is 51.9 Å². The SMILES string of the molecule is N#Cc1ccc(-c2ccc(C#N)c(=O)[nH]2)nc1. The number of aromatic amines is 1. The molecule has 80 valence electrons. The first-order chi connectivity index (χ1) is 8.24. The van der Waals surface area contributed by atoms with Gasteiger partial charge in [0.25, 0.3) is 5.56 Å². The summed E-state index contributed by atoms with van der Waals surface area (Å²) in [6.45, 7) is 0. The molecule has 0 unspecified atom stereocenters. The molecule has 0 radical (unpaired) electrons. The highest BCUT2D eigenvalue weighted by Crippen LogP contribution is 2.12. The van der Waals surface area contributed by atoms with Crippen LogP contribution in [0, 0.1) is 22.7 Å². The number of H-pyrrole nitrogens is 1. The fourth-order valence-corrected chi connectivity index (χ4v) is 1.33. The average Bonchev–Trinajstić information content (AvgIpc) is 2.39. The molecule has 2 aromatic heterocycles. The standard InChI is InChI=1S/C12H6N4O/c13-5-8-1-3-10(15-7-8)11-4-2-9(6-14)12(17)16-11/h1-4,7H,(H,16,17). The first kappa shape index (κ1) is 10.6. The van der Waals surface area contributed by atoms with Crippen molar-refractivity contribution in [3.8, 4) is 23.5 Å². The third kappa shape index (κ3) is 2.04. The number of pyridine rings is 2. The molecule has 0 aliphatic carbocycles. The Morgan fingerprint density at radius 2 is 1.94 bits per heavy atom. The zero-order chi connectivity index (χ0) is 12.3. The van der Waals surface area contributed by atoms with E-state index >= 15 is 0 Å². The van der Waals surface area contributed by atoms with Crippen molar-refractivity contribution in [2.45, 2.75) is 0 Å². The largest absolute Gasteiger partial charge is 0.319 e. The van der Waals surface area contributed by atoms with Gasteiger partial charge in [-0.2, -0.15) is 10.5 Å². The van der Waals surface area contributed by atoms with Gasteiger partial charge in [0.2, 0.25) is 0 Å². The molecule has 0 aliphatic rings. The van der Waals surface area contributed by atoms with Crippen LogP contribution in [0.5, 0.6) is 0 Å². The molecule has 0 saturated heterocycles. The molecular formula is C12H6N4O. The Hall–Kier alpha value is -2.92. The van der Waals surface area contributed by atoms with Crippen molar-refractivity contribution in [1.82, 2.24) is 9.97 Å². The maximum absolute atomic E-state index is 11.4. The van der Waals surface area contributed by atoms with E-state index in [9.17, 15) is 4.79 Å². The van der Waals surface area contributed by atoms with Gasteiger partial charge in [-0.1, -0.05) is 0 Å². The van der Waals surface area contributed by atoms with Crippen molar-refractivity contribution in [3.63, 3.8) is 0 Å². The maximum Gasteiger partial charge on any atom is 0.266 e. The molecule has 0 bridgehead atoms. The van der Waals surface area contributed by atoms with E-state index in [1.54, 1.807) is 24.3 Å². The van der Waals surface area contributed by atoms with Gasteiger partial charge < -0.3 is 4.98 Å². The van der Waals surface area contributed by atoms with Gasteiger partial charge in [0.1, 0.15) is 17.7 Å². The number of nitrogens with zero attached hydrogens (tertiary/aromatic N) is 3. The molecule has 0 saturated carbocycles. The van der Waals surface area contributed by atoms with Gasteiger partial charge in [-0.25, -0.2) is 0 Å². The molecule has 5 nitrogen and oxygen atoms in total. The van der Waals surface area contributed by atoms with E-state index in [0.29, 0.717) is 17.0 Å². The van der Waals surface area contributed by atoms with Gasteiger partial charge in [-0.3, -0.25) is 9.78 Å². The highest BCUT2D eigenvalue weighted by Gasteiger charge is 2.03. The summed E-state index contributed by atoms with van der Waals surface area (Å²) in [4.78, 5) is 18.0. The second-order valence-corrected chi connectivity index (χ2v) is 3.27. The summed E-state index contributed by atoms with van der Waals surface area (Å²) < 4.78 is 0. The lowest BCUT2D eigenvalue weighted by Gasteiger charge is -2.00. The van der Waals surface area contributed by atoms with Crippen LogP contribution >= 0.6 is 0 Å². The van der Waals surface area contributed by atoms with E-state index in [1.165, 1.54) is 12.3 Å². The number of rotatable bonds is 1. The summed E-state index contributed by atoms with van der Waals surface area (Å²) in [5.41, 5.74) is 1.12. The minimum absolute atomic E-state index is 0.0578. The second kappa shape index (κ2) is 4.30. The number of nitrogens with one attached hydrogen (secondary N) is 1. The van der Waals surface area contributed by atoms with Gasteiger partial charge in [-0.15, -0.1) is 0 Å². The van der Waals surface area contributed by atoms with Gasteiger partial charge in [0.05, 0.1) is 17.0 Å². The van der Waals surface area contributed by atoms with Crippen LogP contribution < -0.4 is 5.56 Å². The van der Waals surface area contributed by atoms with E-state index in [4.69, 9.17) is 10.5 Å². The molecule has 0 fully saturated rings. The minimum atomic E-state index is -0.448. The first-order valence-electron chi connectivity index (χ1n) is 4.74. The lowest BCUT2D eigenvalue weighted by Crippen LogP contribution is -2.10. The van der Waals surface area contributed by atoms with Crippen molar-refractivity contribution in [1.29, 1.82) is 10.5 Å². The van der Waals surface area contributed by atoms with E-state index in [0.717, 1.165) is 0 Å². The van der Waals surface area contributed by atoms with Crippen LogP contribution in [0.25, 0.3) is 11.4 Å². The monoisotopic (exact) mass is 222 g/mol. The molecule has 2 rings (SSSR count). The molecule has 5 heteroatoms. The van der Waals surface area contributed by atoms with Gasteiger partial charge in [-0.05, 0) is 24.3 Å². The molecule has 17 heavy (non-hydrogen) atoms. The van der Waals surface area contributed by atoms with Gasteiger partial charge >= 0.3 is 0 Å². The number of nitriles is 2. The van der Waals surface area contributed by atoms with Crippen LogP contribution in [0.3, 0.4) is 0 Å². The van der Waals surface area contributed by atoms with E-state index in [2.05, 4.69) is 9.97 Å². The fraction of sp³-hybridized carbons (Fsp3) is 0. The van der Waals surface area contributed by atoms with E-state index in [1.807, 2.05) is 6.07 Å². The Bertz CT molecular complexity index is 686. The Morgan fingerprint density at radius 1 is 1.12 bits per heavy atom. The predicted octanol–water partition coefficient (Wildman–Crippen LogP) is 1.18. The Kier molecular flexibility index (Phi) is 2.68. The quantitative estimate of drug-likeness (QED) is 0.783. The van der Waals surface area contributed by atoms with Crippen molar-refractivity contribution >= 4 is 0 Å². The van der Waals surface area contributed by atoms with Crippen LogP contribution in [0.4, 0.5) is 0 Å². The molecule has 1 N–H and O–H groups in total. The summed E-state index contributed by atoms with van der Waals surface area (Å²) >= 11 is 0. The molecule has 0 atom stereocenters. The maximum atomic E-state index is 11.4. The highest BCUT2D eigenvalue weighted by atomic mass is 16.1. The summed E-state index contributed by atoms with van der Waals surface area (Å²) in [5, 5.41) is 17.3. The lowest BCUT2D eigenvalue weighted by molar-refractivity contribution is 1.18. The van der Waals surface area contributed by atoms with E-state index < -0.39 is 5.56 Å². The predicted molar refractivity (Wildman–Crippen MR) is 59.7 cm³/mol. The average molecular weight is 222 g/mol. The van der Waals surface area contributed by atoms with Crippen molar-refractivity contribution < 1.29 is 0 Å². The van der Waals surface area contributed by atoms with Crippen LogP contribution in [-0.4, -0.2) is 9.97 Å². The molecule has 0 amide bonds. The normalized spacial score (nSPS) is 9.29. The summed E-state index contributed by atoms with van der Waals surface area (Å²) in [6, 6.07) is 10.0. The molecule has 0 aliphatic heterocycles. The topological polar surface area (TPSA) is 93.3 Å². The summed E-state index contributed by atoms with van der Waals surface area (Å²) in [7, 11) is 0. The van der Waals surface area contributed by atoms with Gasteiger partial charge in [0, 0.05) is 6.20 Å². The Morgan fingerprint density at radius 3 is 2.47 bits per heavy atom. The molecular weight excluding hydrogens is 216 g/mol. The van der Waals surface area contributed by atoms with Crippen LogP contribution in [-0.2, 0) is 0 Å². The van der Waals surface area contributed by atoms with E-state index in [-0.39, 0.29) is 5.56 Å². The summed E-state index contributed by atoms with van der Waals surface area (Å²) in [6.07, 6.45) is 1.42. The third-order valence-corrected chi connectivity index (χ3v) is 2.20. The fourth-order valence-electron chi connectivity index (χ4n) is 1.33. The smallest absolute Gasteiger partial charge is 0.266 e. The Balaban J connectivity index is 2.48. The summed E-state index contributed by atoms with van der Waals surface area (Å²) in [5.74, 6) is 0. The van der Waals surface area contributed by atoms with Crippen LogP contribution in [0.2, 0.25) is 0 Å². The number of hydrogen-bond acceptors (Lipinski definition) is 4. The highest BCUT2D eigenvalue weighted by molar-refractivity contribution is 5.55. The van der Waals surface area contributed by atoms with Crippen molar-refractivity contribution in [2.75, 3.05) is 0 Å². The molecule has 0 aromatic carbocycles. The first-order valence-corrected chi connectivity index (χ1v) is 4.74. The lowest BCUT2D eigenvalue weighted by atomic mass is 10.2. The number of aromatic nitrogens is 2. The zero-order valence-electron chi connectivity index (χ0n) is 8.64. The van der Waals surface area contributed by atoms with Crippen LogP contribution in [0.1, 0.15) is 11.1 Å². The molecule has 2 heterocycles. The van der Waals surface area contributed by atoms with Crippen LogP contribution in [0.15, 0.2) is 35.3 Å². The Labute approximate surface area is 96.6 Å². The minimum Gasteiger partial charge on any atom is -0.319 e. The van der Waals surface area contributed by atoms with Crippen molar-refractivity contribution in [2.24, 2.45) is 0 Å². The molecule has 0 spiro atoms. The third-order valence-electron chi connectivity index (χ3n) is 2.20. The number of hydrogen-bond donors (Lipinski definition) is 1. The zero-order valence-corrected chi connectivity index (χ0v) is 8.64. The second-order valence-electron chi connectivity index (χ2n) is 3.27. The molecule has 2 aromatic rings. The van der Waals surface area contributed by atoms with Gasteiger partial charge in [0.15, 0.2) is 0 Å².